The summed E-state index contributed by atoms with van der Waals surface area (Å²) in [5.74, 6) is -0.857. The molecule has 23 heavy (non-hydrogen) atoms. The highest BCUT2D eigenvalue weighted by Crippen LogP contribution is 2.39. The molecule has 0 amide bonds. The number of hydrogen-bond donors (Lipinski definition) is 1. The number of aromatic carboxylic acids is 1. The maximum absolute atomic E-state index is 12.6. The van der Waals surface area contributed by atoms with Crippen molar-refractivity contribution in [1.29, 1.82) is 0 Å². The maximum atomic E-state index is 12.6. The van der Waals surface area contributed by atoms with Crippen molar-refractivity contribution in [3.05, 3.63) is 51.8 Å². The van der Waals surface area contributed by atoms with Crippen LogP contribution in [0.4, 0.5) is 13.2 Å². The van der Waals surface area contributed by atoms with Gasteiger partial charge < -0.3 is 5.11 Å². The number of benzene rings is 1. The second kappa shape index (κ2) is 5.56. The van der Waals surface area contributed by atoms with Gasteiger partial charge in [0, 0.05) is 10.9 Å². The maximum Gasteiger partial charge on any atom is 0.416 e. The molecule has 1 aliphatic carbocycles. The highest BCUT2D eigenvalue weighted by molar-refractivity contribution is 6.31. The molecule has 1 aromatic heterocycles. The fourth-order valence-electron chi connectivity index (χ4n) is 2.32. The predicted molar refractivity (Wildman–Crippen MR) is 76.7 cm³/mol. The molecule has 4 nitrogen and oxygen atoms in total. The first-order valence-electron chi connectivity index (χ1n) is 6.92. The van der Waals surface area contributed by atoms with E-state index in [0.29, 0.717) is 11.3 Å². The molecule has 2 aromatic rings. The quantitative estimate of drug-likeness (QED) is 0.905. The smallest absolute Gasteiger partial charge is 0.416 e. The summed E-state index contributed by atoms with van der Waals surface area (Å²) in [4.78, 5) is 11.3. The lowest BCUT2D eigenvalue weighted by Crippen LogP contribution is -2.12. The lowest BCUT2D eigenvalue weighted by Gasteiger charge is -2.11. The minimum atomic E-state index is -4.47. The van der Waals surface area contributed by atoms with E-state index in [2.05, 4.69) is 5.10 Å². The van der Waals surface area contributed by atoms with Crippen LogP contribution in [-0.2, 0) is 12.7 Å². The van der Waals surface area contributed by atoms with Crippen LogP contribution in [0.15, 0.2) is 24.3 Å². The van der Waals surface area contributed by atoms with Gasteiger partial charge in [0.2, 0.25) is 0 Å². The molecule has 1 saturated carbocycles. The van der Waals surface area contributed by atoms with Crippen molar-refractivity contribution in [3.8, 4) is 0 Å². The van der Waals surface area contributed by atoms with Gasteiger partial charge in [-0.3, -0.25) is 4.68 Å². The second-order valence-electron chi connectivity index (χ2n) is 5.50. The Morgan fingerprint density at radius 2 is 2.04 bits per heavy atom. The Kier molecular flexibility index (Phi) is 3.83. The Morgan fingerprint density at radius 1 is 1.35 bits per heavy atom. The van der Waals surface area contributed by atoms with E-state index in [9.17, 15) is 23.1 Å². The molecule has 1 N–H and O–H groups in total. The van der Waals surface area contributed by atoms with Crippen molar-refractivity contribution in [2.45, 2.75) is 31.5 Å². The van der Waals surface area contributed by atoms with Gasteiger partial charge in [-0.2, -0.15) is 18.3 Å². The molecule has 3 rings (SSSR count). The third-order valence-corrected chi connectivity index (χ3v) is 4.07. The van der Waals surface area contributed by atoms with Gasteiger partial charge in [0.25, 0.3) is 0 Å². The van der Waals surface area contributed by atoms with Crippen molar-refractivity contribution >= 4 is 17.6 Å². The SMILES string of the molecule is O=C(O)c1cc(C2CC2)nn1Cc1ccc(C(F)(F)F)cc1Cl. The number of alkyl halides is 3. The number of carbonyl (C=O) groups is 1. The van der Waals surface area contributed by atoms with Gasteiger partial charge in [0.1, 0.15) is 5.69 Å². The molecule has 1 aliphatic rings. The van der Waals surface area contributed by atoms with Gasteiger partial charge in [-0.25, -0.2) is 4.79 Å². The summed E-state index contributed by atoms with van der Waals surface area (Å²) in [6.07, 6.45) is -2.53. The summed E-state index contributed by atoms with van der Waals surface area (Å²) >= 11 is 5.91. The first-order valence-corrected chi connectivity index (χ1v) is 7.30. The Bertz CT molecular complexity index is 767. The zero-order valence-electron chi connectivity index (χ0n) is 11.8. The fourth-order valence-corrected chi connectivity index (χ4v) is 2.56. The molecule has 0 aliphatic heterocycles. The van der Waals surface area contributed by atoms with E-state index in [1.165, 1.54) is 16.8 Å². The predicted octanol–water partition coefficient (Wildman–Crippen LogP) is 4.18. The summed E-state index contributed by atoms with van der Waals surface area (Å²) < 4.78 is 39.2. The van der Waals surface area contributed by atoms with Crippen LogP contribution >= 0.6 is 11.6 Å². The molecule has 1 heterocycles. The summed E-state index contributed by atoms with van der Waals surface area (Å²) in [6.45, 7) is 0.00528. The van der Waals surface area contributed by atoms with Gasteiger partial charge in [0.15, 0.2) is 0 Å². The minimum absolute atomic E-state index is 0.00265. The molecule has 8 heteroatoms. The number of carboxylic acids is 1. The Morgan fingerprint density at radius 3 is 2.57 bits per heavy atom. The molecule has 0 radical (unpaired) electrons. The van der Waals surface area contributed by atoms with Gasteiger partial charge in [-0.1, -0.05) is 17.7 Å². The normalized spacial score (nSPS) is 15.0. The first-order chi connectivity index (χ1) is 10.8. The number of nitrogens with zero attached hydrogens (tertiary/aromatic N) is 2. The van der Waals surface area contributed by atoms with Crippen LogP contribution in [0, 0.1) is 0 Å². The van der Waals surface area contributed by atoms with Crippen molar-refractivity contribution in [3.63, 3.8) is 0 Å². The summed E-state index contributed by atoms with van der Waals surface area (Å²) in [5.41, 5.74) is 0.241. The lowest BCUT2D eigenvalue weighted by molar-refractivity contribution is -0.137. The topological polar surface area (TPSA) is 55.1 Å². The monoisotopic (exact) mass is 344 g/mol. The van der Waals surface area contributed by atoms with Gasteiger partial charge in [-0.15, -0.1) is 0 Å². The van der Waals surface area contributed by atoms with Crippen LogP contribution in [0.2, 0.25) is 5.02 Å². The second-order valence-corrected chi connectivity index (χ2v) is 5.90. The van der Waals surface area contributed by atoms with E-state index in [0.717, 1.165) is 25.0 Å². The molecule has 0 spiro atoms. The molecule has 122 valence electrons. The Hall–Kier alpha value is -2.02. The van der Waals surface area contributed by atoms with E-state index in [-0.39, 0.29) is 23.2 Å². The van der Waals surface area contributed by atoms with Crippen LogP contribution < -0.4 is 0 Å². The van der Waals surface area contributed by atoms with Crippen LogP contribution in [0.3, 0.4) is 0 Å². The number of hydrogen-bond acceptors (Lipinski definition) is 2. The van der Waals surface area contributed by atoms with Crippen molar-refractivity contribution in [2.24, 2.45) is 0 Å². The van der Waals surface area contributed by atoms with Crippen LogP contribution in [0.1, 0.15) is 46.1 Å². The number of carboxylic acid groups (broad SMARTS) is 1. The highest BCUT2D eigenvalue weighted by atomic mass is 35.5. The summed E-state index contributed by atoms with van der Waals surface area (Å²) in [6, 6.07) is 4.52. The molecule has 0 saturated heterocycles. The van der Waals surface area contributed by atoms with E-state index in [1.54, 1.807) is 0 Å². The van der Waals surface area contributed by atoms with Crippen molar-refractivity contribution in [1.82, 2.24) is 9.78 Å². The standard InChI is InChI=1S/C15H12ClF3N2O2/c16-11-5-10(15(17,18)19)4-3-9(11)7-21-13(14(22)23)6-12(20-21)8-1-2-8/h3-6,8H,1-2,7H2,(H,22,23). The van der Waals surface area contributed by atoms with E-state index < -0.39 is 17.7 Å². The summed E-state index contributed by atoms with van der Waals surface area (Å²) in [7, 11) is 0. The largest absolute Gasteiger partial charge is 0.477 e. The molecular formula is C15H12ClF3N2O2. The van der Waals surface area contributed by atoms with Crippen LogP contribution in [0.5, 0.6) is 0 Å². The fraction of sp³-hybridized carbons (Fsp3) is 0.333. The van der Waals surface area contributed by atoms with Gasteiger partial charge in [-0.05, 0) is 36.6 Å². The van der Waals surface area contributed by atoms with Gasteiger partial charge in [0.05, 0.1) is 17.8 Å². The summed E-state index contributed by atoms with van der Waals surface area (Å²) in [5, 5.41) is 13.4. The van der Waals surface area contributed by atoms with E-state index in [1.807, 2.05) is 0 Å². The van der Waals surface area contributed by atoms with Crippen LogP contribution in [-0.4, -0.2) is 20.9 Å². The number of aromatic nitrogens is 2. The Labute approximate surface area is 134 Å². The lowest BCUT2D eigenvalue weighted by atomic mass is 10.1. The zero-order chi connectivity index (χ0) is 16.8. The average Bonchev–Trinajstić information content (AvgIpc) is 3.21. The molecule has 0 atom stereocenters. The van der Waals surface area contributed by atoms with Crippen molar-refractivity contribution < 1.29 is 23.1 Å². The molecule has 1 fully saturated rings. The molecule has 1 aromatic carbocycles. The number of halogens is 4. The zero-order valence-corrected chi connectivity index (χ0v) is 12.5. The Balaban J connectivity index is 1.91. The molecule has 0 bridgehead atoms. The van der Waals surface area contributed by atoms with E-state index >= 15 is 0 Å². The van der Waals surface area contributed by atoms with E-state index in [4.69, 9.17) is 11.6 Å². The number of rotatable bonds is 4. The van der Waals surface area contributed by atoms with Crippen molar-refractivity contribution in [2.75, 3.05) is 0 Å². The molecular weight excluding hydrogens is 333 g/mol. The highest BCUT2D eigenvalue weighted by Gasteiger charge is 2.31. The van der Waals surface area contributed by atoms with Crippen LogP contribution in [0.25, 0.3) is 0 Å². The molecule has 0 unspecified atom stereocenters. The average molecular weight is 345 g/mol. The van der Waals surface area contributed by atoms with Gasteiger partial charge >= 0.3 is 12.1 Å². The first kappa shape index (κ1) is 15.9. The third kappa shape index (κ3) is 3.34. The minimum Gasteiger partial charge on any atom is -0.477 e. The third-order valence-electron chi connectivity index (χ3n) is 3.71.